The van der Waals surface area contributed by atoms with Gasteiger partial charge in [0.25, 0.3) is 0 Å². The van der Waals surface area contributed by atoms with Crippen molar-refractivity contribution >= 4 is 5.82 Å². The molecule has 1 aliphatic heterocycles. The molecule has 0 bridgehead atoms. The molecule has 5 rings (SSSR count). The lowest BCUT2D eigenvalue weighted by atomic mass is 10.00. The van der Waals surface area contributed by atoms with Crippen molar-refractivity contribution in [1.82, 2.24) is 19.9 Å². The van der Waals surface area contributed by atoms with Crippen LogP contribution in [-0.2, 0) is 13.0 Å². The highest BCUT2D eigenvalue weighted by atomic mass is 15.2. The number of benzene rings is 1. The van der Waals surface area contributed by atoms with Crippen LogP contribution in [0.15, 0.2) is 79.3 Å². The highest BCUT2D eigenvalue weighted by Gasteiger charge is 2.19. The molecule has 5 nitrogen and oxygen atoms in total. The van der Waals surface area contributed by atoms with Crippen molar-refractivity contribution in [3.05, 3.63) is 90.4 Å². The van der Waals surface area contributed by atoms with Crippen molar-refractivity contribution in [3.8, 4) is 22.8 Å². The van der Waals surface area contributed by atoms with Crippen molar-refractivity contribution in [3.63, 3.8) is 0 Å². The summed E-state index contributed by atoms with van der Waals surface area (Å²) in [6.07, 6.45) is 6.36. The Morgan fingerprint density at radius 2 is 1.68 bits per heavy atom. The molecule has 0 radical (unpaired) electrons. The molecule has 0 fully saturated rings. The third kappa shape index (κ3) is 3.22. The second kappa shape index (κ2) is 7.19. The van der Waals surface area contributed by atoms with Crippen LogP contribution in [0.25, 0.3) is 22.8 Å². The van der Waals surface area contributed by atoms with Gasteiger partial charge in [-0.3, -0.25) is 9.97 Å². The smallest absolute Gasteiger partial charge is 0.163 e. The Morgan fingerprint density at radius 3 is 2.50 bits per heavy atom. The lowest BCUT2D eigenvalue weighted by molar-refractivity contribution is 0.720. The van der Waals surface area contributed by atoms with Gasteiger partial charge in [-0.1, -0.05) is 30.3 Å². The van der Waals surface area contributed by atoms with Gasteiger partial charge in [0.1, 0.15) is 5.82 Å². The zero-order chi connectivity index (χ0) is 18.8. The molecule has 0 saturated heterocycles. The van der Waals surface area contributed by atoms with E-state index in [1.165, 1.54) is 11.1 Å². The molecular formula is C23H19N5. The third-order valence-electron chi connectivity index (χ3n) is 5.01. The van der Waals surface area contributed by atoms with Gasteiger partial charge in [-0.05, 0) is 41.8 Å². The lowest BCUT2D eigenvalue weighted by Crippen LogP contribution is -2.31. The standard InChI is InChI=1S/C23H19N5/c1-2-7-19-16-28(13-10-17(19)6-1)22-14-21(20-9-3-4-12-25-20)26-23(27-22)18-8-5-11-24-15-18/h1-9,11-12,14-15H,10,13,16H2. The van der Waals surface area contributed by atoms with Crippen LogP contribution < -0.4 is 4.90 Å². The molecule has 3 aromatic heterocycles. The normalized spacial score (nSPS) is 13.2. The Hall–Kier alpha value is -3.60. The largest absolute Gasteiger partial charge is 0.352 e. The van der Waals surface area contributed by atoms with Gasteiger partial charge in [0.15, 0.2) is 5.82 Å². The van der Waals surface area contributed by atoms with E-state index in [9.17, 15) is 0 Å². The minimum atomic E-state index is 0.671. The van der Waals surface area contributed by atoms with Crippen LogP contribution in [0.2, 0.25) is 0 Å². The van der Waals surface area contributed by atoms with E-state index in [2.05, 4.69) is 39.1 Å². The average Bonchev–Trinajstić information content (AvgIpc) is 2.79. The molecule has 0 atom stereocenters. The fourth-order valence-electron chi connectivity index (χ4n) is 3.56. The molecule has 0 amide bonds. The van der Waals surface area contributed by atoms with Crippen molar-refractivity contribution in [2.75, 3.05) is 11.4 Å². The van der Waals surface area contributed by atoms with Crippen molar-refractivity contribution < 1.29 is 0 Å². The van der Waals surface area contributed by atoms with Gasteiger partial charge in [0, 0.05) is 43.3 Å². The topological polar surface area (TPSA) is 54.8 Å². The SMILES string of the molecule is c1ccc(-c2cc(N3CCc4ccccc4C3)nc(-c3cccnc3)n2)nc1. The van der Waals surface area contributed by atoms with Gasteiger partial charge >= 0.3 is 0 Å². The molecule has 1 aromatic carbocycles. The average molecular weight is 365 g/mol. The summed E-state index contributed by atoms with van der Waals surface area (Å²) in [6, 6.07) is 20.4. The second-order valence-electron chi connectivity index (χ2n) is 6.83. The molecule has 0 saturated carbocycles. The van der Waals surface area contributed by atoms with E-state index in [1.54, 1.807) is 18.6 Å². The molecule has 4 aromatic rings. The van der Waals surface area contributed by atoms with Crippen LogP contribution in [0.3, 0.4) is 0 Å². The molecule has 0 aliphatic carbocycles. The first-order chi connectivity index (χ1) is 13.9. The maximum Gasteiger partial charge on any atom is 0.163 e. The Morgan fingerprint density at radius 1 is 0.786 bits per heavy atom. The quantitative estimate of drug-likeness (QED) is 0.546. The van der Waals surface area contributed by atoms with Crippen molar-refractivity contribution in [2.45, 2.75) is 13.0 Å². The monoisotopic (exact) mass is 365 g/mol. The van der Waals surface area contributed by atoms with Gasteiger partial charge in [0.05, 0.1) is 11.4 Å². The molecule has 0 unspecified atom stereocenters. The van der Waals surface area contributed by atoms with Crippen molar-refractivity contribution in [2.24, 2.45) is 0 Å². The summed E-state index contributed by atoms with van der Waals surface area (Å²) >= 11 is 0. The predicted molar refractivity (Wildman–Crippen MR) is 110 cm³/mol. The molecule has 28 heavy (non-hydrogen) atoms. The van der Waals surface area contributed by atoms with E-state index in [1.807, 2.05) is 36.4 Å². The number of aromatic nitrogens is 4. The summed E-state index contributed by atoms with van der Waals surface area (Å²) in [4.78, 5) is 20.7. The predicted octanol–water partition coefficient (Wildman–Crippen LogP) is 4.16. The number of pyridine rings is 2. The lowest BCUT2D eigenvalue weighted by Gasteiger charge is -2.30. The van der Waals surface area contributed by atoms with Crippen LogP contribution in [-0.4, -0.2) is 26.5 Å². The van der Waals surface area contributed by atoms with Crippen LogP contribution >= 0.6 is 0 Å². The van der Waals surface area contributed by atoms with Gasteiger partial charge in [-0.2, -0.15) is 0 Å². The summed E-state index contributed by atoms with van der Waals surface area (Å²) in [5.41, 5.74) is 5.34. The first kappa shape index (κ1) is 16.6. The number of anilines is 1. The van der Waals surface area contributed by atoms with E-state index in [-0.39, 0.29) is 0 Å². The maximum absolute atomic E-state index is 4.87. The molecule has 4 heterocycles. The highest BCUT2D eigenvalue weighted by molar-refractivity contribution is 5.65. The number of nitrogens with zero attached hydrogens (tertiary/aromatic N) is 5. The summed E-state index contributed by atoms with van der Waals surface area (Å²) in [7, 11) is 0. The molecule has 5 heteroatoms. The van der Waals surface area contributed by atoms with Crippen LogP contribution in [0.4, 0.5) is 5.82 Å². The molecule has 136 valence electrons. The van der Waals surface area contributed by atoms with Gasteiger partial charge in [0.2, 0.25) is 0 Å². The minimum absolute atomic E-state index is 0.671. The minimum Gasteiger partial charge on any atom is -0.352 e. The number of fused-ring (bicyclic) bond motifs is 1. The number of rotatable bonds is 3. The van der Waals surface area contributed by atoms with Crippen LogP contribution in [0.5, 0.6) is 0 Å². The highest BCUT2D eigenvalue weighted by Crippen LogP contribution is 2.28. The van der Waals surface area contributed by atoms with E-state index in [4.69, 9.17) is 9.97 Å². The van der Waals surface area contributed by atoms with Crippen LogP contribution in [0, 0.1) is 0 Å². The van der Waals surface area contributed by atoms with Crippen LogP contribution in [0.1, 0.15) is 11.1 Å². The van der Waals surface area contributed by atoms with Gasteiger partial charge < -0.3 is 4.90 Å². The first-order valence-electron chi connectivity index (χ1n) is 9.39. The Labute approximate surface area is 163 Å². The second-order valence-corrected chi connectivity index (χ2v) is 6.83. The van der Waals surface area contributed by atoms with E-state index in [0.717, 1.165) is 42.3 Å². The van der Waals surface area contributed by atoms with E-state index in [0.29, 0.717) is 5.82 Å². The Bertz CT molecular complexity index is 1040. The Kier molecular flexibility index (Phi) is 4.26. The van der Waals surface area contributed by atoms with Gasteiger partial charge in [-0.25, -0.2) is 9.97 Å². The fourth-order valence-corrected chi connectivity index (χ4v) is 3.56. The Balaban J connectivity index is 1.59. The summed E-state index contributed by atoms with van der Waals surface area (Å²) < 4.78 is 0. The summed E-state index contributed by atoms with van der Waals surface area (Å²) in [6.45, 7) is 1.78. The fraction of sp³-hybridized carbons (Fsp3) is 0.130. The maximum atomic E-state index is 4.87. The zero-order valence-electron chi connectivity index (χ0n) is 15.4. The third-order valence-corrected chi connectivity index (χ3v) is 5.01. The van der Waals surface area contributed by atoms with Crippen molar-refractivity contribution in [1.29, 1.82) is 0 Å². The summed E-state index contributed by atoms with van der Waals surface area (Å²) in [5.74, 6) is 1.59. The zero-order valence-corrected chi connectivity index (χ0v) is 15.4. The van der Waals surface area contributed by atoms with E-state index < -0.39 is 0 Å². The molecule has 0 N–H and O–H groups in total. The molecule has 1 aliphatic rings. The van der Waals surface area contributed by atoms with E-state index >= 15 is 0 Å². The summed E-state index contributed by atoms with van der Waals surface area (Å²) in [5, 5.41) is 0. The molecule has 0 spiro atoms. The molecular weight excluding hydrogens is 346 g/mol. The van der Waals surface area contributed by atoms with Gasteiger partial charge in [-0.15, -0.1) is 0 Å². The first-order valence-corrected chi connectivity index (χ1v) is 9.39. The number of hydrogen-bond donors (Lipinski definition) is 0. The number of hydrogen-bond acceptors (Lipinski definition) is 5.